The van der Waals surface area contributed by atoms with Crippen LogP contribution in [0.15, 0.2) is 54.1 Å². The molecule has 0 saturated heterocycles. The molecule has 8 nitrogen and oxygen atoms in total. The van der Waals surface area contributed by atoms with Crippen molar-refractivity contribution in [1.29, 1.82) is 0 Å². The zero-order valence-electron chi connectivity index (χ0n) is 16.4. The van der Waals surface area contributed by atoms with E-state index in [0.29, 0.717) is 11.5 Å². The fourth-order valence-corrected chi connectivity index (χ4v) is 5.56. The summed E-state index contributed by atoms with van der Waals surface area (Å²) in [7, 11) is -3.54. The first kappa shape index (κ1) is 19.2. The van der Waals surface area contributed by atoms with Crippen LogP contribution in [0.3, 0.4) is 0 Å². The summed E-state index contributed by atoms with van der Waals surface area (Å²) >= 11 is 0. The second kappa shape index (κ2) is 7.81. The molecule has 1 aromatic carbocycles. The Morgan fingerprint density at radius 2 is 2.00 bits per heavy atom. The van der Waals surface area contributed by atoms with Gasteiger partial charge in [0.15, 0.2) is 0 Å². The molecule has 0 unspecified atom stereocenters. The van der Waals surface area contributed by atoms with E-state index in [1.165, 1.54) is 6.33 Å². The third kappa shape index (κ3) is 3.82. The molecular weight excluding hydrogens is 402 g/mol. The number of aromatic nitrogens is 4. The van der Waals surface area contributed by atoms with Crippen LogP contribution in [-0.4, -0.2) is 40.8 Å². The van der Waals surface area contributed by atoms with E-state index in [4.69, 9.17) is 4.74 Å². The summed E-state index contributed by atoms with van der Waals surface area (Å²) in [6.45, 7) is 0.614. The molecule has 0 spiro atoms. The quantitative estimate of drug-likeness (QED) is 0.675. The first-order valence-electron chi connectivity index (χ1n) is 10.2. The van der Waals surface area contributed by atoms with Crippen LogP contribution in [-0.2, 0) is 16.4 Å². The van der Waals surface area contributed by atoms with Crippen molar-refractivity contribution in [2.45, 2.75) is 49.1 Å². The molecule has 0 atom stereocenters. The molecular formula is C21H23N5O3S. The van der Waals surface area contributed by atoms with Gasteiger partial charge in [0.05, 0.1) is 29.4 Å². The lowest BCUT2D eigenvalue weighted by Crippen LogP contribution is -2.38. The van der Waals surface area contributed by atoms with Crippen LogP contribution in [0.4, 0.5) is 0 Å². The third-order valence-electron chi connectivity index (χ3n) is 5.84. The molecule has 0 bridgehead atoms. The highest BCUT2D eigenvalue weighted by Gasteiger charge is 2.28. The van der Waals surface area contributed by atoms with Gasteiger partial charge in [0, 0.05) is 30.4 Å². The molecule has 3 heterocycles. The van der Waals surface area contributed by atoms with E-state index in [2.05, 4.69) is 19.8 Å². The molecule has 1 N–H and O–H groups in total. The van der Waals surface area contributed by atoms with E-state index < -0.39 is 10.0 Å². The van der Waals surface area contributed by atoms with Gasteiger partial charge in [0.2, 0.25) is 10.0 Å². The molecule has 1 aliphatic carbocycles. The highest BCUT2D eigenvalue weighted by Crippen LogP contribution is 2.31. The van der Waals surface area contributed by atoms with Crippen molar-refractivity contribution in [3.63, 3.8) is 0 Å². The summed E-state index contributed by atoms with van der Waals surface area (Å²) in [4.78, 5) is 8.52. The van der Waals surface area contributed by atoms with Crippen LogP contribution >= 0.6 is 0 Å². The molecule has 1 aliphatic heterocycles. The molecule has 2 aromatic heterocycles. The Balaban J connectivity index is 1.22. The van der Waals surface area contributed by atoms with Gasteiger partial charge in [-0.05, 0) is 55.5 Å². The molecule has 1 fully saturated rings. The average Bonchev–Trinajstić information content (AvgIpc) is 3.44. The van der Waals surface area contributed by atoms with Gasteiger partial charge in [-0.1, -0.05) is 0 Å². The Labute approximate surface area is 175 Å². The maximum Gasteiger partial charge on any atom is 0.240 e. The number of rotatable bonds is 5. The van der Waals surface area contributed by atoms with E-state index in [1.54, 1.807) is 24.4 Å². The second-order valence-corrected chi connectivity index (χ2v) is 9.51. The molecule has 0 radical (unpaired) electrons. The highest BCUT2D eigenvalue weighted by atomic mass is 32.2. The van der Waals surface area contributed by atoms with Crippen molar-refractivity contribution >= 4 is 10.0 Å². The van der Waals surface area contributed by atoms with Crippen LogP contribution in [0.25, 0.3) is 11.3 Å². The normalized spacial score (nSPS) is 21.2. The number of fused-ring (bicyclic) bond motifs is 1. The lowest BCUT2D eigenvalue weighted by molar-refractivity contribution is 0.294. The van der Waals surface area contributed by atoms with Crippen LogP contribution in [0.2, 0.25) is 0 Å². The first-order chi connectivity index (χ1) is 14.6. The summed E-state index contributed by atoms with van der Waals surface area (Å²) in [5.74, 6) is 0.787. The monoisotopic (exact) mass is 425 g/mol. The Hall–Kier alpha value is -2.78. The summed E-state index contributed by atoms with van der Waals surface area (Å²) in [6, 6.07) is 7.16. The van der Waals surface area contributed by atoms with Crippen LogP contribution in [0.1, 0.15) is 37.3 Å². The Bertz CT molecular complexity index is 1140. The number of nitrogens with one attached hydrogen (secondary N) is 1. The van der Waals surface area contributed by atoms with Crippen molar-refractivity contribution in [2.24, 2.45) is 0 Å². The minimum absolute atomic E-state index is 0.0624. The molecule has 156 valence electrons. The Morgan fingerprint density at radius 1 is 1.13 bits per heavy atom. The first-order valence-corrected chi connectivity index (χ1v) is 11.7. The number of sulfonamides is 1. The number of benzene rings is 1. The summed E-state index contributed by atoms with van der Waals surface area (Å²) in [6.07, 6.45) is 11.1. The number of hydrogen-bond donors (Lipinski definition) is 1. The maximum atomic E-state index is 12.8. The van der Waals surface area contributed by atoms with Gasteiger partial charge in [-0.15, -0.1) is 0 Å². The Morgan fingerprint density at radius 3 is 2.80 bits per heavy atom. The van der Waals surface area contributed by atoms with Gasteiger partial charge in [-0.3, -0.25) is 4.68 Å². The summed E-state index contributed by atoms with van der Waals surface area (Å²) in [5.41, 5.74) is 2.76. The minimum Gasteiger partial charge on any atom is -0.493 e. The molecule has 1 saturated carbocycles. The lowest BCUT2D eigenvalue weighted by atomic mass is 9.92. The van der Waals surface area contributed by atoms with E-state index in [0.717, 1.165) is 54.7 Å². The van der Waals surface area contributed by atoms with Crippen molar-refractivity contribution in [3.05, 3.63) is 54.7 Å². The molecule has 3 aromatic rings. The maximum absolute atomic E-state index is 12.8. The van der Waals surface area contributed by atoms with Crippen molar-refractivity contribution in [3.8, 4) is 17.0 Å². The van der Waals surface area contributed by atoms with Gasteiger partial charge in [0.1, 0.15) is 12.1 Å². The third-order valence-corrected chi connectivity index (χ3v) is 7.36. The zero-order valence-corrected chi connectivity index (χ0v) is 17.3. The highest BCUT2D eigenvalue weighted by molar-refractivity contribution is 7.89. The predicted octanol–water partition coefficient (Wildman–Crippen LogP) is 2.74. The van der Waals surface area contributed by atoms with Crippen LogP contribution < -0.4 is 9.46 Å². The lowest BCUT2D eigenvalue weighted by Gasteiger charge is -2.29. The van der Waals surface area contributed by atoms with Gasteiger partial charge in [-0.2, -0.15) is 5.10 Å². The van der Waals surface area contributed by atoms with E-state index >= 15 is 0 Å². The molecule has 9 heteroatoms. The SMILES string of the molecule is O=S(=O)(NC1CCC(n2cc(-c3ccncn3)cn2)CC1)c1ccc2c(c1)CCO2. The summed E-state index contributed by atoms with van der Waals surface area (Å²) < 4.78 is 36.0. The van der Waals surface area contributed by atoms with E-state index in [1.807, 2.05) is 23.1 Å². The van der Waals surface area contributed by atoms with E-state index in [9.17, 15) is 8.42 Å². The molecule has 0 amide bonds. The average molecular weight is 426 g/mol. The van der Waals surface area contributed by atoms with Gasteiger partial charge in [-0.25, -0.2) is 23.1 Å². The van der Waals surface area contributed by atoms with Gasteiger partial charge < -0.3 is 4.74 Å². The van der Waals surface area contributed by atoms with Crippen LogP contribution in [0, 0.1) is 0 Å². The standard InChI is InChI=1S/C21H23N5O3S/c27-30(28,19-5-6-21-15(11-19)8-10-29-21)25-17-1-3-18(4-2-17)26-13-16(12-24-26)20-7-9-22-14-23-20/h5-7,9,11-14,17-18,25H,1-4,8,10H2. The number of hydrogen-bond acceptors (Lipinski definition) is 6. The predicted molar refractivity (Wildman–Crippen MR) is 111 cm³/mol. The largest absolute Gasteiger partial charge is 0.493 e. The van der Waals surface area contributed by atoms with E-state index in [-0.39, 0.29) is 12.1 Å². The van der Waals surface area contributed by atoms with Gasteiger partial charge in [0.25, 0.3) is 0 Å². The summed E-state index contributed by atoms with van der Waals surface area (Å²) in [5, 5.41) is 4.50. The number of nitrogens with zero attached hydrogens (tertiary/aromatic N) is 4. The van der Waals surface area contributed by atoms with Crippen molar-refractivity contribution < 1.29 is 13.2 Å². The molecule has 5 rings (SSSR count). The zero-order chi connectivity index (χ0) is 20.6. The second-order valence-electron chi connectivity index (χ2n) is 7.80. The molecule has 2 aliphatic rings. The fraction of sp³-hybridized carbons (Fsp3) is 0.381. The fourth-order valence-electron chi connectivity index (χ4n) is 4.21. The van der Waals surface area contributed by atoms with Crippen LogP contribution in [0.5, 0.6) is 5.75 Å². The smallest absolute Gasteiger partial charge is 0.240 e. The number of ether oxygens (including phenoxy) is 1. The minimum atomic E-state index is -3.54. The molecule has 30 heavy (non-hydrogen) atoms. The van der Waals surface area contributed by atoms with Crippen molar-refractivity contribution in [2.75, 3.05) is 6.61 Å². The topological polar surface area (TPSA) is 99.0 Å². The van der Waals surface area contributed by atoms with Gasteiger partial charge >= 0.3 is 0 Å². The van der Waals surface area contributed by atoms with Crippen molar-refractivity contribution in [1.82, 2.24) is 24.5 Å². The Kier molecular flexibility index (Phi) is 5.00.